The number of hydrogen-bond acceptors (Lipinski definition) is 3. The minimum absolute atomic E-state index is 0.0117. The van der Waals surface area contributed by atoms with Crippen molar-refractivity contribution in [2.24, 2.45) is 0 Å². The highest BCUT2D eigenvalue weighted by Crippen LogP contribution is 2.24. The molecule has 0 bridgehead atoms. The van der Waals surface area contributed by atoms with E-state index in [0.29, 0.717) is 0 Å². The van der Waals surface area contributed by atoms with Crippen LogP contribution in [0.15, 0.2) is 35.2 Å². The Labute approximate surface area is 78.5 Å². The van der Waals surface area contributed by atoms with Gasteiger partial charge in [0.15, 0.2) is 0 Å². The van der Waals surface area contributed by atoms with Crippen molar-refractivity contribution < 1.29 is 4.84 Å². The van der Waals surface area contributed by atoms with Crippen molar-refractivity contribution in [3.05, 3.63) is 40.8 Å². The molecular formula is C8H7BrN2O. The van der Waals surface area contributed by atoms with Gasteiger partial charge in [-0.05, 0) is 39.7 Å². The number of aromatic nitrogens is 1. The standard InChI is InChI=1S/C8H7BrN2O/c9-8-5-7(12-11-8)6-1-3-10-4-2-6/h1-5,7,11H/t7-/m0/s1. The predicted molar refractivity (Wildman–Crippen MR) is 48.2 cm³/mol. The first-order valence-electron chi connectivity index (χ1n) is 3.55. The summed E-state index contributed by atoms with van der Waals surface area (Å²) in [6, 6.07) is 3.85. The van der Waals surface area contributed by atoms with Crippen LogP contribution in [-0.2, 0) is 4.84 Å². The molecule has 12 heavy (non-hydrogen) atoms. The number of pyridine rings is 1. The molecule has 0 saturated heterocycles. The molecule has 3 nitrogen and oxygen atoms in total. The van der Waals surface area contributed by atoms with Crippen molar-refractivity contribution in [2.75, 3.05) is 0 Å². The van der Waals surface area contributed by atoms with Gasteiger partial charge in [-0.3, -0.25) is 15.3 Å². The van der Waals surface area contributed by atoms with Gasteiger partial charge >= 0.3 is 0 Å². The molecule has 1 aliphatic rings. The molecule has 1 atom stereocenters. The number of nitrogens with one attached hydrogen (secondary N) is 1. The molecule has 1 aromatic rings. The predicted octanol–water partition coefficient (Wildman–Crippen LogP) is 1.89. The van der Waals surface area contributed by atoms with Crippen LogP contribution in [0, 0.1) is 0 Å². The fourth-order valence-electron chi connectivity index (χ4n) is 1.04. The van der Waals surface area contributed by atoms with Gasteiger partial charge in [0.2, 0.25) is 0 Å². The highest BCUT2D eigenvalue weighted by atomic mass is 79.9. The zero-order valence-corrected chi connectivity index (χ0v) is 7.78. The van der Waals surface area contributed by atoms with E-state index >= 15 is 0 Å². The second-order valence-corrected chi connectivity index (χ2v) is 3.29. The molecule has 2 heterocycles. The minimum Gasteiger partial charge on any atom is -0.265 e. The molecular weight excluding hydrogens is 220 g/mol. The lowest BCUT2D eigenvalue weighted by atomic mass is 10.1. The van der Waals surface area contributed by atoms with Crippen molar-refractivity contribution in [1.82, 2.24) is 10.5 Å². The molecule has 0 radical (unpaired) electrons. The molecule has 2 rings (SSSR count). The molecule has 0 aromatic carbocycles. The Morgan fingerprint density at radius 2 is 2.17 bits per heavy atom. The Hall–Kier alpha value is -0.870. The number of rotatable bonds is 1. The third kappa shape index (κ3) is 1.49. The fraction of sp³-hybridized carbons (Fsp3) is 0.125. The van der Waals surface area contributed by atoms with Crippen LogP contribution >= 0.6 is 15.9 Å². The lowest BCUT2D eigenvalue weighted by Crippen LogP contribution is -2.05. The largest absolute Gasteiger partial charge is 0.265 e. The van der Waals surface area contributed by atoms with Crippen LogP contribution in [0.25, 0.3) is 0 Å². The van der Waals surface area contributed by atoms with Gasteiger partial charge in [0.05, 0.1) is 0 Å². The summed E-state index contributed by atoms with van der Waals surface area (Å²) in [5, 5.41) is 0. The maximum atomic E-state index is 5.23. The second kappa shape index (κ2) is 3.25. The first kappa shape index (κ1) is 7.76. The minimum atomic E-state index is -0.0117. The van der Waals surface area contributed by atoms with Crippen LogP contribution in [0.4, 0.5) is 0 Å². The van der Waals surface area contributed by atoms with Crippen molar-refractivity contribution >= 4 is 15.9 Å². The third-order valence-corrected chi connectivity index (χ3v) is 2.04. The van der Waals surface area contributed by atoms with Gasteiger partial charge in [-0.15, -0.1) is 0 Å². The Morgan fingerprint density at radius 3 is 2.75 bits per heavy atom. The van der Waals surface area contributed by atoms with E-state index in [4.69, 9.17) is 4.84 Å². The number of hydroxylamine groups is 1. The number of nitrogens with zero attached hydrogens (tertiary/aromatic N) is 1. The highest BCUT2D eigenvalue weighted by Gasteiger charge is 2.15. The van der Waals surface area contributed by atoms with Crippen LogP contribution in [0.5, 0.6) is 0 Å². The quantitative estimate of drug-likeness (QED) is 0.744. The number of halogens is 1. The van der Waals surface area contributed by atoms with E-state index in [2.05, 4.69) is 26.4 Å². The van der Waals surface area contributed by atoms with Gasteiger partial charge in [0, 0.05) is 12.4 Å². The molecule has 4 heteroatoms. The first-order valence-corrected chi connectivity index (χ1v) is 4.34. The summed E-state index contributed by atoms with van der Waals surface area (Å²) in [6.45, 7) is 0. The van der Waals surface area contributed by atoms with Gasteiger partial charge in [0.1, 0.15) is 10.7 Å². The van der Waals surface area contributed by atoms with Crippen LogP contribution in [0.3, 0.4) is 0 Å². The van der Waals surface area contributed by atoms with Crippen LogP contribution in [0.1, 0.15) is 11.7 Å². The monoisotopic (exact) mass is 226 g/mol. The normalized spacial score (nSPS) is 21.8. The maximum absolute atomic E-state index is 5.23. The molecule has 1 aromatic heterocycles. The molecule has 0 amide bonds. The highest BCUT2D eigenvalue weighted by molar-refractivity contribution is 9.11. The Morgan fingerprint density at radius 1 is 1.42 bits per heavy atom. The molecule has 1 N–H and O–H groups in total. The zero-order chi connectivity index (χ0) is 8.39. The number of hydrogen-bond donors (Lipinski definition) is 1. The summed E-state index contributed by atoms with van der Waals surface area (Å²) in [5.41, 5.74) is 3.82. The summed E-state index contributed by atoms with van der Waals surface area (Å²) < 4.78 is 0.865. The van der Waals surface area contributed by atoms with Crippen molar-refractivity contribution in [1.29, 1.82) is 0 Å². The van der Waals surface area contributed by atoms with E-state index in [1.807, 2.05) is 18.2 Å². The zero-order valence-electron chi connectivity index (χ0n) is 6.20. The van der Waals surface area contributed by atoms with Crippen molar-refractivity contribution in [2.45, 2.75) is 6.10 Å². The lowest BCUT2D eigenvalue weighted by molar-refractivity contribution is 0.0457. The van der Waals surface area contributed by atoms with Gasteiger partial charge in [0.25, 0.3) is 0 Å². The molecule has 1 aliphatic heterocycles. The van der Waals surface area contributed by atoms with Crippen LogP contribution in [0.2, 0.25) is 0 Å². The summed E-state index contributed by atoms with van der Waals surface area (Å²) in [4.78, 5) is 9.16. The van der Waals surface area contributed by atoms with E-state index in [0.717, 1.165) is 10.2 Å². The summed E-state index contributed by atoms with van der Waals surface area (Å²) >= 11 is 3.29. The van der Waals surface area contributed by atoms with E-state index in [9.17, 15) is 0 Å². The molecule has 0 fully saturated rings. The fourth-order valence-corrected chi connectivity index (χ4v) is 1.37. The summed E-state index contributed by atoms with van der Waals surface area (Å²) in [7, 11) is 0. The Bertz CT molecular complexity index is 299. The van der Waals surface area contributed by atoms with Gasteiger partial charge < -0.3 is 0 Å². The first-order chi connectivity index (χ1) is 5.86. The third-order valence-electron chi connectivity index (χ3n) is 1.62. The molecule has 62 valence electrons. The molecule has 0 spiro atoms. The molecule has 0 aliphatic carbocycles. The van der Waals surface area contributed by atoms with E-state index in [1.165, 1.54) is 0 Å². The SMILES string of the molecule is BrC1=C[C@@H](c2ccncc2)ON1. The van der Waals surface area contributed by atoms with E-state index in [1.54, 1.807) is 12.4 Å². The van der Waals surface area contributed by atoms with E-state index in [-0.39, 0.29) is 6.10 Å². The van der Waals surface area contributed by atoms with Gasteiger partial charge in [-0.2, -0.15) is 0 Å². The molecule has 0 saturated carbocycles. The van der Waals surface area contributed by atoms with Crippen LogP contribution in [-0.4, -0.2) is 4.98 Å². The van der Waals surface area contributed by atoms with Crippen LogP contribution < -0.4 is 5.48 Å². The smallest absolute Gasteiger partial charge is 0.132 e. The summed E-state index contributed by atoms with van der Waals surface area (Å²) in [6.07, 6.45) is 5.44. The van der Waals surface area contributed by atoms with E-state index < -0.39 is 0 Å². The second-order valence-electron chi connectivity index (χ2n) is 2.44. The van der Waals surface area contributed by atoms with Gasteiger partial charge in [-0.1, -0.05) is 0 Å². The lowest BCUT2D eigenvalue weighted by Gasteiger charge is -2.05. The van der Waals surface area contributed by atoms with Crippen molar-refractivity contribution in [3.63, 3.8) is 0 Å². The average molecular weight is 227 g/mol. The maximum Gasteiger partial charge on any atom is 0.132 e. The summed E-state index contributed by atoms with van der Waals surface area (Å²) in [5.74, 6) is 0. The topological polar surface area (TPSA) is 34.1 Å². The van der Waals surface area contributed by atoms with Gasteiger partial charge in [-0.25, -0.2) is 0 Å². The molecule has 0 unspecified atom stereocenters. The Kier molecular flexibility index (Phi) is 2.10. The average Bonchev–Trinajstić information content (AvgIpc) is 2.54. The Balaban J connectivity index is 2.22. The van der Waals surface area contributed by atoms with Crippen molar-refractivity contribution in [3.8, 4) is 0 Å².